The van der Waals surface area contributed by atoms with Crippen molar-refractivity contribution in [3.63, 3.8) is 0 Å². The summed E-state index contributed by atoms with van der Waals surface area (Å²) in [5.41, 5.74) is 0.850. The minimum absolute atomic E-state index is 0.0218. The Labute approximate surface area is 181 Å². The van der Waals surface area contributed by atoms with Crippen molar-refractivity contribution in [3.05, 3.63) is 48.8 Å². The van der Waals surface area contributed by atoms with Crippen LogP contribution in [0, 0.1) is 5.92 Å². The molecule has 162 valence electrons. The number of aromatic nitrogens is 3. The van der Waals surface area contributed by atoms with E-state index in [0.717, 1.165) is 16.7 Å². The van der Waals surface area contributed by atoms with Crippen LogP contribution < -0.4 is 14.4 Å². The summed E-state index contributed by atoms with van der Waals surface area (Å²) in [6, 6.07) is 13.4. The summed E-state index contributed by atoms with van der Waals surface area (Å²) in [5, 5.41) is 1.04. The Morgan fingerprint density at radius 2 is 1.81 bits per heavy atom. The average Bonchev–Trinajstić information content (AvgIpc) is 2.81. The standard InChI is InChI=1S/C23H27N5O3/c1-17(2)14-30-22-13-20(24-16-25-22)27-9-11-28(12-10-27)23(29)15-31-21-8-7-18-5-3-4-6-19(18)26-21/h3-8,13,16-17H,9-12,14-15H2,1-2H3. The van der Waals surface area contributed by atoms with E-state index in [1.807, 2.05) is 41.3 Å². The van der Waals surface area contributed by atoms with Gasteiger partial charge in [0, 0.05) is 43.7 Å². The van der Waals surface area contributed by atoms with Crippen molar-refractivity contribution >= 4 is 22.6 Å². The summed E-state index contributed by atoms with van der Waals surface area (Å²) in [7, 11) is 0. The molecule has 0 atom stereocenters. The van der Waals surface area contributed by atoms with Gasteiger partial charge in [0.25, 0.3) is 5.91 Å². The van der Waals surface area contributed by atoms with Gasteiger partial charge in [0.05, 0.1) is 12.1 Å². The zero-order valence-corrected chi connectivity index (χ0v) is 17.9. The SMILES string of the molecule is CC(C)COc1cc(N2CCN(C(=O)COc3ccc4ccccc4n3)CC2)ncn1. The lowest BCUT2D eigenvalue weighted by Crippen LogP contribution is -2.50. The summed E-state index contributed by atoms with van der Waals surface area (Å²) in [6.07, 6.45) is 1.52. The molecular formula is C23H27N5O3. The van der Waals surface area contributed by atoms with Crippen LogP contribution in [0.4, 0.5) is 5.82 Å². The first-order chi connectivity index (χ1) is 15.1. The molecule has 8 nitrogen and oxygen atoms in total. The van der Waals surface area contributed by atoms with Crippen LogP contribution in [-0.2, 0) is 4.79 Å². The highest BCUT2D eigenvalue weighted by molar-refractivity contribution is 5.79. The number of pyridine rings is 1. The maximum absolute atomic E-state index is 12.6. The average molecular weight is 422 g/mol. The van der Waals surface area contributed by atoms with Crippen molar-refractivity contribution in [2.24, 2.45) is 5.92 Å². The van der Waals surface area contributed by atoms with E-state index in [9.17, 15) is 4.79 Å². The summed E-state index contributed by atoms with van der Waals surface area (Å²) in [4.78, 5) is 29.5. The van der Waals surface area contributed by atoms with Crippen molar-refractivity contribution in [1.82, 2.24) is 19.9 Å². The number of fused-ring (bicyclic) bond motifs is 1. The van der Waals surface area contributed by atoms with Gasteiger partial charge in [0.2, 0.25) is 11.8 Å². The Bertz CT molecular complexity index is 1030. The zero-order valence-electron chi connectivity index (χ0n) is 17.9. The molecule has 0 radical (unpaired) electrons. The number of nitrogens with zero attached hydrogens (tertiary/aromatic N) is 5. The van der Waals surface area contributed by atoms with Gasteiger partial charge < -0.3 is 19.3 Å². The Morgan fingerprint density at radius 3 is 2.61 bits per heavy atom. The van der Waals surface area contributed by atoms with Crippen molar-refractivity contribution in [1.29, 1.82) is 0 Å². The smallest absolute Gasteiger partial charge is 0.260 e. The summed E-state index contributed by atoms with van der Waals surface area (Å²) in [6.45, 7) is 7.40. The van der Waals surface area contributed by atoms with Crippen LogP contribution in [0.15, 0.2) is 48.8 Å². The fourth-order valence-electron chi connectivity index (χ4n) is 3.37. The number of para-hydroxylation sites is 1. The lowest BCUT2D eigenvalue weighted by molar-refractivity contribution is -0.133. The van der Waals surface area contributed by atoms with Crippen molar-refractivity contribution in [3.8, 4) is 11.8 Å². The highest BCUT2D eigenvalue weighted by Crippen LogP contribution is 2.19. The topological polar surface area (TPSA) is 80.7 Å². The first-order valence-electron chi connectivity index (χ1n) is 10.5. The van der Waals surface area contributed by atoms with Crippen molar-refractivity contribution in [2.45, 2.75) is 13.8 Å². The third kappa shape index (κ3) is 5.39. The molecular weight excluding hydrogens is 394 g/mol. The quantitative estimate of drug-likeness (QED) is 0.580. The fraction of sp³-hybridized carbons (Fsp3) is 0.391. The lowest BCUT2D eigenvalue weighted by Gasteiger charge is -2.35. The molecule has 1 saturated heterocycles. The number of ether oxygens (including phenoxy) is 2. The fourth-order valence-corrected chi connectivity index (χ4v) is 3.37. The second kappa shape index (κ2) is 9.59. The molecule has 31 heavy (non-hydrogen) atoms. The molecule has 0 N–H and O–H groups in total. The number of rotatable bonds is 7. The van der Waals surface area contributed by atoms with Gasteiger partial charge in [-0.25, -0.2) is 15.0 Å². The molecule has 0 bridgehead atoms. The van der Waals surface area contributed by atoms with E-state index < -0.39 is 0 Å². The monoisotopic (exact) mass is 421 g/mol. The maximum atomic E-state index is 12.6. The second-order valence-electron chi connectivity index (χ2n) is 7.92. The number of carbonyl (C=O) groups excluding carboxylic acids is 1. The molecule has 3 aromatic rings. The first-order valence-corrected chi connectivity index (χ1v) is 10.5. The third-order valence-electron chi connectivity index (χ3n) is 5.06. The number of carbonyl (C=O) groups is 1. The van der Waals surface area contributed by atoms with Gasteiger partial charge in [0.15, 0.2) is 6.61 Å². The molecule has 0 saturated carbocycles. The van der Waals surface area contributed by atoms with Gasteiger partial charge in [-0.1, -0.05) is 32.0 Å². The molecule has 1 aliphatic rings. The van der Waals surface area contributed by atoms with Gasteiger partial charge in [-0.2, -0.15) is 0 Å². The number of benzene rings is 1. The Kier molecular flexibility index (Phi) is 6.45. The maximum Gasteiger partial charge on any atom is 0.260 e. The van der Waals surface area contributed by atoms with Crippen LogP contribution in [0.25, 0.3) is 10.9 Å². The van der Waals surface area contributed by atoms with Crippen LogP contribution in [-0.4, -0.2) is 65.2 Å². The van der Waals surface area contributed by atoms with Gasteiger partial charge >= 0.3 is 0 Å². The predicted octanol–water partition coefficient (Wildman–Crippen LogP) is 2.79. The third-order valence-corrected chi connectivity index (χ3v) is 5.06. The highest BCUT2D eigenvalue weighted by Gasteiger charge is 2.22. The number of hydrogen-bond donors (Lipinski definition) is 0. The highest BCUT2D eigenvalue weighted by atomic mass is 16.5. The summed E-state index contributed by atoms with van der Waals surface area (Å²) in [5.74, 6) is 2.24. The zero-order chi connectivity index (χ0) is 21.6. The van der Waals surface area contributed by atoms with E-state index in [1.54, 1.807) is 6.07 Å². The number of piperazine rings is 1. The molecule has 3 heterocycles. The largest absolute Gasteiger partial charge is 0.477 e. The van der Waals surface area contributed by atoms with Gasteiger partial charge in [-0.3, -0.25) is 4.79 Å². The van der Waals surface area contributed by atoms with Gasteiger partial charge in [-0.15, -0.1) is 0 Å². The second-order valence-corrected chi connectivity index (χ2v) is 7.92. The first kappa shape index (κ1) is 20.8. The Hall–Kier alpha value is -3.42. The minimum Gasteiger partial charge on any atom is -0.477 e. The van der Waals surface area contributed by atoms with E-state index >= 15 is 0 Å². The van der Waals surface area contributed by atoms with Gasteiger partial charge in [0.1, 0.15) is 12.1 Å². The van der Waals surface area contributed by atoms with E-state index in [-0.39, 0.29) is 12.5 Å². The lowest BCUT2D eigenvalue weighted by atomic mass is 10.2. The predicted molar refractivity (Wildman–Crippen MR) is 118 cm³/mol. The molecule has 0 spiro atoms. The van der Waals surface area contributed by atoms with E-state index in [4.69, 9.17) is 9.47 Å². The molecule has 0 aliphatic carbocycles. The number of amides is 1. The van der Waals surface area contributed by atoms with Crippen LogP contribution in [0.5, 0.6) is 11.8 Å². The van der Waals surface area contributed by atoms with Crippen LogP contribution in [0.2, 0.25) is 0 Å². The molecule has 8 heteroatoms. The molecule has 1 fully saturated rings. The number of hydrogen-bond acceptors (Lipinski definition) is 7. The van der Waals surface area contributed by atoms with Crippen molar-refractivity contribution < 1.29 is 14.3 Å². The number of anilines is 1. The van der Waals surface area contributed by atoms with E-state index in [1.165, 1.54) is 6.33 Å². The van der Waals surface area contributed by atoms with E-state index in [0.29, 0.717) is 50.5 Å². The van der Waals surface area contributed by atoms with Crippen LogP contribution >= 0.6 is 0 Å². The molecule has 1 amide bonds. The molecule has 4 rings (SSSR count). The molecule has 2 aromatic heterocycles. The molecule has 0 unspecified atom stereocenters. The minimum atomic E-state index is -0.0433. The molecule has 1 aromatic carbocycles. The summed E-state index contributed by atoms with van der Waals surface area (Å²) >= 11 is 0. The van der Waals surface area contributed by atoms with Crippen LogP contribution in [0.1, 0.15) is 13.8 Å². The van der Waals surface area contributed by atoms with Gasteiger partial charge in [-0.05, 0) is 18.1 Å². The van der Waals surface area contributed by atoms with Crippen molar-refractivity contribution in [2.75, 3.05) is 44.3 Å². The molecule has 1 aliphatic heterocycles. The van der Waals surface area contributed by atoms with Crippen LogP contribution in [0.3, 0.4) is 0 Å². The Balaban J connectivity index is 1.28. The normalized spacial score (nSPS) is 14.2. The summed E-state index contributed by atoms with van der Waals surface area (Å²) < 4.78 is 11.3. The Morgan fingerprint density at radius 1 is 1.00 bits per heavy atom. The van der Waals surface area contributed by atoms with E-state index in [2.05, 4.69) is 33.7 Å².